The smallest absolute Gasteiger partial charge is 0.408 e. The fourth-order valence-corrected chi connectivity index (χ4v) is 6.00. The molecule has 1 fully saturated rings. The van der Waals surface area contributed by atoms with Crippen molar-refractivity contribution in [3.63, 3.8) is 0 Å². The SMILES string of the molecule is CCC(CC(=O)O)NC(=O)C1(NC(=O)OCC2c3ccccc3-c3ccccc32)CCN(Cc2ccccc2)CC1. The summed E-state index contributed by atoms with van der Waals surface area (Å²) in [4.78, 5) is 40.6. The molecule has 1 saturated heterocycles. The van der Waals surface area contributed by atoms with Crippen LogP contribution in [0.5, 0.6) is 0 Å². The molecule has 3 N–H and O–H groups in total. The minimum Gasteiger partial charge on any atom is -0.481 e. The number of ether oxygens (including phenoxy) is 1. The molecule has 1 atom stereocenters. The van der Waals surface area contributed by atoms with E-state index in [-0.39, 0.29) is 24.9 Å². The average molecular weight is 556 g/mol. The minimum atomic E-state index is -1.19. The number of carbonyl (C=O) groups excluding carboxylic acids is 2. The first-order valence-corrected chi connectivity index (χ1v) is 14.3. The van der Waals surface area contributed by atoms with Gasteiger partial charge in [0.15, 0.2) is 0 Å². The monoisotopic (exact) mass is 555 g/mol. The molecule has 1 aliphatic carbocycles. The maximum Gasteiger partial charge on any atom is 0.408 e. The third kappa shape index (κ3) is 6.43. The number of nitrogens with zero attached hydrogens (tertiary/aromatic N) is 1. The summed E-state index contributed by atoms with van der Waals surface area (Å²) in [5.41, 5.74) is 4.50. The summed E-state index contributed by atoms with van der Waals surface area (Å²) in [7, 11) is 0. The number of rotatable bonds is 10. The van der Waals surface area contributed by atoms with Gasteiger partial charge in [-0.2, -0.15) is 0 Å². The predicted octanol–water partition coefficient (Wildman–Crippen LogP) is 4.93. The average Bonchev–Trinajstić information content (AvgIpc) is 3.30. The Balaban J connectivity index is 1.28. The number of likely N-dealkylation sites (tertiary alicyclic amines) is 1. The Morgan fingerprint density at radius 3 is 2.10 bits per heavy atom. The van der Waals surface area contributed by atoms with Crippen molar-refractivity contribution in [1.82, 2.24) is 15.5 Å². The zero-order valence-corrected chi connectivity index (χ0v) is 23.3. The first-order chi connectivity index (χ1) is 19.9. The van der Waals surface area contributed by atoms with E-state index in [0.717, 1.165) is 28.8 Å². The van der Waals surface area contributed by atoms with Crippen LogP contribution in [0.1, 0.15) is 55.2 Å². The number of hydrogen-bond donors (Lipinski definition) is 3. The Labute approximate surface area is 240 Å². The molecular formula is C33H37N3O5. The van der Waals surface area contributed by atoms with Crippen LogP contribution in [-0.4, -0.2) is 59.3 Å². The predicted molar refractivity (Wildman–Crippen MR) is 156 cm³/mol. The van der Waals surface area contributed by atoms with Crippen LogP contribution in [0.3, 0.4) is 0 Å². The van der Waals surface area contributed by atoms with Gasteiger partial charge in [0.1, 0.15) is 12.1 Å². The maximum atomic E-state index is 13.7. The molecule has 3 aromatic carbocycles. The molecule has 2 amide bonds. The molecule has 0 saturated carbocycles. The van der Waals surface area contributed by atoms with Gasteiger partial charge in [0.05, 0.1) is 6.42 Å². The Kier molecular flexibility index (Phi) is 8.69. The number of carboxylic acid groups (broad SMARTS) is 1. The summed E-state index contributed by atoms with van der Waals surface area (Å²) >= 11 is 0. The molecule has 0 radical (unpaired) electrons. The zero-order chi connectivity index (χ0) is 28.8. The molecule has 1 aliphatic heterocycles. The quantitative estimate of drug-likeness (QED) is 0.328. The van der Waals surface area contributed by atoms with Crippen molar-refractivity contribution >= 4 is 18.0 Å². The highest BCUT2D eigenvalue weighted by Crippen LogP contribution is 2.44. The van der Waals surface area contributed by atoms with Crippen LogP contribution < -0.4 is 10.6 Å². The Hall–Kier alpha value is -4.17. The molecule has 0 spiro atoms. The number of carboxylic acids is 1. The van der Waals surface area contributed by atoms with Crippen LogP contribution in [0.15, 0.2) is 78.9 Å². The number of alkyl carbamates (subject to hydrolysis) is 1. The van der Waals surface area contributed by atoms with Crippen LogP contribution in [0.25, 0.3) is 11.1 Å². The van der Waals surface area contributed by atoms with Gasteiger partial charge < -0.3 is 20.5 Å². The van der Waals surface area contributed by atoms with Gasteiger partial charge in [-0.3, -0.25) is 14.5 Å². The van der Waals surface area contributed by atoms with Crippen molar-refractivity contribution < 1.29 is 24.2 Å². The molecule has 8 nitrogen and oxygen atoms in total. The zero-order valence-electron chi connectivity index (χ0n) is 23.3. The normalized spacial score (nSPS) is 16.7. The van der Waals surface area contributed by atoms with Gasteiger partial charge in [-0.05, 0) is 47.1 Å². The number of benzene rings is 3. The molecule has 5 rings (SSSR count). The number of nitrogens with one attached hydrogen (secondary N) is 2. The van der Waals surface area contributed by atoms with Crippen LogP contribution in [0.2, 0.25) is 0 Å². The van der Waals surface area contributed by atoms with E-state index in [1.807, 2.05) is 49.4 Å². The molecule has 214 valence electrons. The summed E-state index contributed by atoms with van der Waals surface area (Å²) in [6, 6.07) is 25.9. The first-order valence-electron chi connectivity index (χ1n) is 14.3. The van der Waals surface area contributed by atoms with E-state index >= 15 is 0 Å². The fraction of sp³-hybridized carbons (Fsp3) is 0.364. The van der Waals surface area contributed by atoms with E-state index in [9.17, 15) is 19.5 Å². The van der Waals surface area contributed by atoms with E-state index in [1.54, 1.807) is 0 Å². The van der Waals surface area contributed by atoms with Crippen molar-refractivity contribution in [2.45, 2.75) is 56.7 Å². The molecule has 1 unspecified atom stereocenters. The number of hydrogen-bond acceptors (Lipinski definition) is 5. The highest BCUT2D eigenvalue weighted by atomic mass is 16.5. The fourth-order valence-electron chi connectivity index (χ4n) is 6.00. The summed E-state index contributed by atoms with van der Waals surface area (Å²) in [6.07, 6.45) is 0.422. The van der Waals surface area contributed by atoms with E-state index in [4.69, 9.17) is 4.74 Å². The largest absolute Gasteiger partial charge is 0.481 e. The number of carbonyl (C=O) groups is 3. The molecular weight excluding hydrogens is 518 g/mol. The standard InChI is InChI=1S/C33H37N3O5/c1-2-24(20-30(37)38)34-31(39)33(16-18-36(19-17-33)21-23-10-4-3-5-11-23)35-32(40)41-22-29-27-14-8-6-12-25(27)26-13-7-9-15-28(26)29/h3-15,24,29H,2,16-22H2,1H3,(H,34,39)(H,35,40)(H,37,38). The molecule has 0 bridgehead atoms. The molecule has 2 aliphatic rings. The third-order valence-electron chi connectivity index (χ3n) is 8.33. The van der Waals surface area contributed by atoms with Crippen LogP contribution in [0.4, 0.5) is 4.79 Å². The Bertz CT molecular complexity index is 1340. The second-order valence-corrected chi connectivity index (χ2v) is 11.0. The highest BCUT2D eigenvalue weighted by Gasteiger charge is 2.44. The summed E-state index contributed by atoms with van der Waals surface area (Å²) < 4.78 is 5.80. The number of piperidine rings is 1. The molecule has 41 heavy (non-hydrogen) atoms. The van der Waals surface area contributed by atoms with Crippen LogP contribution in [0, 0.1) is 0 Å². The lowest BCUT2D eigenvalue weighted by Gasteiger charge is -2.41. The second kappa shape index (κ2) is 12.6. The lowest BCUT2D eigenvalue weighted by atomic mass is 9.85. The summed E-state index contributed by atoms with van der Waals surface area (Å²) in [5.74, 6) is -1.43. The maximum absolute atomic E-state index is 13.7. The van der Waals surface area contributed by atoms with E-state index in [1.165, 1.54) is 5.56 Å². The van der Waals surface area contributed by atoms with Crippen LogP contribution >= 0.6 is 0 Å². The van der Waals surface area contributed by atoms with Crippen molar-refractivity contribution in [3.8, 4) is 11.1 Å². The van der Waals surface area contributed by atoms with Gasteiger partial charge in [0.25, 0.3) is 0 Å². The van der Waals surface area contributed by atoms with Crippen molar-refractivity contribution in [3.05, 3.63) is 95.6 Å². The summed E-state index contributed by atoms with van der Waals surface area (Å²) in [5, 5.41) is 15.1. The van der Waals surface area contributed by atoms with Crippen molar-refractivity contribution in [1.29, 1.82) is 0 Å². The van der Waals surface area contributed by atoms with E-state index < -0.39 is 23.6 Å². The number of aliphatic carboxylic acids is 1. The minimum absolute atomic E-state index is 0.0920. The van der Waals surface area contributed by atoms with Crippen molar-refractivity contribution in [2.75, 3.05) is 19.7 Å². The molecule has 8 heteroatoms. The summed E-state index contributed by atoms with van der Waals surface area (Å²) in [6.45, 7) is 3.93. The first kappa shape index (κ1) is 28.4. The Morgan fingerprint density at radius 1 is 0.927 bits per heavy atom. The van der Waals surface area contributed by atoms with E-state index in [0.29, 0.717) is 32.4 Å². The topological polar surface area (TPSA) is 108 Å². The third-order valence-corrected chi connectivity index (χ3v) is 8.33. The number of fused-ring (bicyclic) bond motifs is 3. The molecule has 1 heterocycles. The lowest BCUT2D eigenvalue weighted by molar-refractivity contribution is -0.138. The Morgan fingerprint density at radius 2 is 1.51 bits per heavy atom. The van der Waals surface area contributed by atoms with Crippen LogP contribution in [-0.2, 0) is 20.9 Å². The van der Waals surface area contributed by atoms with Gasteiger partial charge in [-0.15, -0.1) is 0 Å². The lowest BCUT2D eigenvalue weighted by Crippen LogP contribution is -2.64. The van der Waals surface area contributed by atoms with Gasteiger partial charge in [-0.25, -0.2) is 4.79 Å². The molecule has 0 aromatic heterocycles. The number of amides is 2. The van der Waals surface area contributed by atoms with Gasteiger partial charge in [-0.1, -0.05) is 85.8 Å². The van der Waals surface area contributed by atoms with Gasteiger partial charge in [0.2, 0.25) is 5.91 Å². The van der Waals surface area contributed by atoms with Gasteiger partial charge in [0, 0.05) is 31.6 Å². The van der Waals surface area contributed by atoms with Gasteiger partial charge >= 0.3 is 12.1 Å². The second-order valence-electron chi connectivity index (χ2n) is 11.0. The van der Waals surface area contributed by atoms with Crippen molar-refractivity contribution in [2.24, 2.45) is 0 Å². The highest BCUT2D eigenvalue weighted by molar-refractivity contribution is 5.90. The molecule has 3 aromatic rings. The van der Waals surface area contributed by atoms with E-state index in [2.05, 4.69) is 51.9 Å².